The molecule has 3 atom stereocenters. The lowest BCUT2D eigenvalue weighted by molar-refractivity contribution is -0.144. The Morgan fingerprint density at radius 1 is 0.922 bits per heavy atom. The fourth-order valence-electron chi connectivity index (χ4n) is 9.63. The van der Waals surface area contributed by atoms with Gasteiger partial charge in [-0.15, -0.1) is 0 Å². The lowest BCUT2D eigenvalue weighted by Crippen LogP contribution is -2.53. The van der Waals surface area contributed by atoms with Crippen LogP contribution in [-0.2, 0) is 61.1 Å². The summed E-state index contributed by atoms with van der Waals surface area (Å²) in [4.78, 5) is 36.0. The van der Waals surface area contributed by atoms with E-state index in [9.17, 15) is 61.5 Å². The largest absolute Gasteiger partial charge is 0.435 e. The summed E-state index contributed by atoms with van der Waals surface area (Å²) >= 11 is 6.73. The molecule has 17 nitrogen and oxygen atoms in total. The number of anilines is 1. The van der Waals surface area contributed by atoms with E-state index >= 15 is 8.78 Å². The first-order valence-electron chi connectivity index (χ1n) is 23.2. The fraction of sp³-hybridized carbons (Fsp3) is 0.447. The van der Waals surface area contributed by atoms with Crippen LogP contribution >= 0.6 is 11.6 Å². The molecule has 2 aliphatic carbocycles. The first-order chi connectivity index (χ1) is 35.6. The van der Waals surface area contributed by atoms with E-state index in [1.54, 1.807) is 0 Å². The second kappa shape index (κ2) is 20.1. The number of sulfonamides is 1. The molecule has 1 aliphatic heterocycles. The Balaban J connectivity index is 1.33. The van der Waals surface area contributed by atoms with E-state index in [2.05, 4.69) is 32.3 Å². The number of nitrogens with one attached hydrogen (secondary N) is 2. The summed E-state index contributed by atoms with van der Waals surface area (Å²) in [5.74, 6) is -7.40. The van der Waals surface area contributed by atoms with Crippen molar-refractivity contribution in [1.82, 2.24) is 39.7 Å². The predicted molar refractivity (Wildman–Crippen MR) is 260 cm³/mol. The van der Waals surface area contributed by atoms with Gasteiger partial charge in [-0.2, -0.15) is 49.6 Å². The SMILES string of the molecule is CC(C)(C#Cc1ccc(-c2ccc(Cl)c3c(N(C(=O)CN4CCN(C(=N)N)CC4)S(C)(=O)=O)nn(CC(F)(F)F)c23)c([C@H](Cc2cc(F)cc(F)c2)NC(=O)Cn2nc(C(F)(F)F)c3c2C(F)(F)[C@@H]2CC[C@H]32)n1)S(C)(=O)=O. The quantitative estimate of drug-likeness (QED) is 0.0499. The van der Waals surface area contributed by atoms with Crippen molar-refractivity contribution in [2.45, 2.75) is 81.2 Å². The van der Waals surface area contributed by atoms with E-state index in [0.29, 0.717) is 17.0 Å². The first kappa shape index (κ1) is 56.7. The highest BCUT2D eigenvalue weighted by molar-refractivity contribution is 7.93. The molecular weight excluding hydrogens is 1100 g/mol. The van der Waals surface area contributed by atoms with Crippen molar-refractivity contribution in [2.75, 3.05) is 49.5 Å². The predicted octanol–water partition coefficient (Wildman–Crippen LogP) is 6.49. The van der Waals surface area contributed by atoms with Crippen molar-refractivity contribution in [3.05, 3.63) is 93.0 Å². The zero-order valence-electron chi connectivity index (χ0n) is 40.9. The van der Waals surface area contributed by atoms with Crippen LogP contribution in [0.3, 0.4) is 0 Å². The van der Waals surface area contributed by atoms with Crippen molar-refractivity contribution in [3.8, 4) is 23.0 Å². The number of benzene rings is 2. The van der Waals surface area contributed by atoms with E-state index in [1.807, 2.05) is 0 Å². The summed E-state index contributed by atoms with van der Waals surface area (Å²) in [5, 5.41) is 16.6. The second-order valence-electron chi connectivity index (χ2n) is 19.4. The van der Waals surface area contributed by atoms with E-state index in [-0.39, 0.29) is 76.4 Å². The lowest BCUT2D eigenvalue weighted by atomic mass is 9.73. The van der Waals surface area contributed by atoms with Crippen LogP contribution in [0.15, 0.2) is 42.5 Å². The number of nitrogens with two attached hydrogens (primary N) is 1. The number of alkyl halides is 8. The summed E-state index contributed by atoms with van der Waals surface area (Å²) in [6.07, 6.45) is -9.73. The van der Waals surface area contributed by atoms with Crippen LogP contribution in [0.25, 0.3) is 22.0 Å². The third-order valence-electron chi connectivity index (χ3n) is 13.6. The number of hydrogen-bond donors (Lipinski definition) is 3. The number of hydrogen-bond acceptors (Lipinski definition) is 11. The molecule has 0 radical (unpaired) electrons. The number of carbonyl (C=O) groups excluding carboxylic acids is 2. The average molecular weight is 1150 g/mol. The van der Waals surface area contributed by atoms with Crippen molar-refractivity contribution < 1.29 is 70.3 Å². The molecule has 0 spiro atoms. The van der Waals surface area contributed by atoms with Crippen molar-refractivity contribution >= 4 is 66.0 Å². The van der Waals surface area contributed by atoms with Gasteiger partial charge in [0.25, 0.3) is 11.8 Å². The van der Waals surface area contributed by atoms with Crippen molar-refractivity contribution in [2.24, 2.45) is 11.7 Å². The topological polar surface area (TPSA) is 223 Å². The third kappa shape index (κ3) is 11.4. The molecule has 4 heterocycles. The van der Waals surface area contributed by atoms with E-state index < -0.39 is 155 Å². The maximum atomic E-state index is 15.9. The van der Waals surface area contributed by atoms with Gasteiger partial charge in [0.05, 0.1) is 40.5 Å². The summed E-state index contributed by atoms with van der Waals surface area (Å²) < 4.78 is 200. The van der Waals surface area contributed by atoms with Crippen molar-refractivity contribution in [3.63, 3.8) is 0 Å². The van der Waals surface area contributed by atoms with Gasteiger partial charge >= 0.3 is 12.4 Å². The van der Waals surface area contributed by atoms with Gasteiger partial charge in [0, 0.05) is 61.1 Å². The minimum absolute atomic E-state index is 0.0137. The molecule has 0 unspecified atom stereocenters. The Labute approximate surface area is 438 Å². The Kier molecular flexibility index (Phi) is 14.8. The van der Waals surface area contributed by atoms with Gasteiger partial charge in [-0.1, -0.05) is 23.6 Å². The van der Waals surface area contributed by atoms with Gasteiger partial charge in [-0.3, -0.25) is 29.3 Å². The molecule has 2 fully saturated rings. The summed E-state index contributed by atoms with van der Waals surface area (Å²) in [7, 11) is -8.70. The van der Waals surface area contributed by atoms with E-state index in [4.69, 9.17) is 22.7 Å². The van der Waals surface area contributed by atoms with E-state index in [0.717, 1.165) is 36.6 Å². The standard InChI is InChI=1S/C47H46ClF10N11O6S2/c1-44(2,76(3,72)73)12-11-27-5-6-28(29-8-10-32(48)37-39(29)68(23-45(51,52)53)64-42(37)69(77(4,74)75)35(71)22-65-13-15-66(16-14-65)43(59)60)38(61-27)33(19-24-17-25(49)20-26(50)18-24)62-34(70)21-67-41-36(40(63-67)47(56,57)58)30-7-9-31(30)46(41,54)55/h5-6,8,10,17-18,20,30-31,33H,7,9,13-16,19,21-23H2,1-4H3,(H3,59,60)(H,62,70)/t30-,31+,33-/m0/s1. The molecule has 1 saturated heterocycles. The normalized spacial score (nSPS) is 18.2. The number of sulfone groups is 1. The molecule has 30 heteroatoms. The van der Waals surface area contributed by atoms with Gasteiger partial charge in [-0.05, 0) is 80.8 Å². The number of guanidine groups is 1. The second-order valence-corrected chi connectivity index (χ2v) is 24.2. The maximum absolute atomic E-state index is 15.9. The van der Waals surface area contributed by atoms with Crippen LogP contribution in [-0.4, -0.2) is 125 Å². The Morgan fingerprint density at radius 3 is 2.12 bits per heavy atom. The highest BCUT2D eigenvalue weighted by Gasteiger charge is 2.63. The number of aromatic nitrogens is 5. The fourth-order valence-corrected chi connectivity index (χ4v) is 11.0. The molecule has 1 saturated carbocycles. The van der Waals surface area contributed by atoms with Crippen LogP contribution in [0.2, 0.25) is 5.02 Å². The van der Waals surface area contributed by atoms with Crippen molar-refractivity contribution in [1.29, 1.82) is 5.41 Å². The van der Waals surface area contributed by atoms with Crippen LogP contribution in [0.1, 0.15) is 72.6 Å². The Hall–Kier alpha value is -6.51. The van der Waals surface area contributed by atoms with Crippen LogP contribution in [0.5, 0.6) is 0 Å². The summed E-state index contributed by atoms with van der Waals surface area (Å²) in [6, 6.07) is 4.89. The molecular formula is C47H46ClF10N11O6S2. The minimum atomic E-state index is -5.23. The third-order valence-corrected chi connectivity index (χ3v) is 16.9. The lowest BCUT2D eigenvalue weighted by Gasteiger charge is -2.35. The molecule has 77 heavy (non-hydrogen) atoms. The van der Waals surface area contributed by atoms with Gasteiger partial charge in [0.1, 0.15) is 40.9 Å². The number of halogens is 11. The average Bonchev–Trinajstić information content (AvgIpc) is 4.04. The van der Waals surface area contributed by atoms with E-state index in [1.165, 1.54) is 29.7 Å². The number of pyridine rings is 1. The molecule has 3 aliphatic rings. The highest BCUT2D eigenvalue weighted by atomic mass is 35.5. The first-order valence-corrected chi connectivity index (χ1v) is 27.3. The minimum Gasteiger partial charge on any atom is -0.370 e. The molecule has 4 N–H and O–H groups in total. The molecule has 2 amide bonds. The zero-order chi connectivity index (χ0) is 56.7. The molecule has 5 aromatic rings. The van der Waals surface area contributed by atoms with Crippen LogP contribution < -0.4 is 15.4 Å². The number of fused-ring (bicyclic) bond motifs is 4. The molecule has 8 rings (SSSR count). The molecule has 3 aromatic heterocycles. The number of piperazine rings is 1. The molecule has 414 valence electrons. The Bertz CT molecular complexity index is 3510. The number of nitrogens with zero attached hydrogens (tertiary/aromatic N) is 8. The Morgan fingerprint density at radius 2 is 1.56 bits per heavy atom. The number of amides is 2. The molecule has 0 bridgehead atoms. The van der Waals surface area contributed by atoms with Crippen LogP contribution in [0.4, 0.5) is 49.7 Å². The maximum Gasteiger partial charge on any atom is 0.435 e. The summed E-state index contributed by atoms with van der Waals surface area (Å²) in [5.41, 5.74) is -0.194. The van der Waals surface area contributed by atoms with Gasteiger partial charge in [0.15, 0.2) is 27.3 Å². The summed E-state index contributed by atoms with van der Waals surface area (Å²) in [6.45, 7) is -0.884. The monoisotopic (exact) mass is 1150 g/mol. The number of rotatable bonds is 13. The van der Waals surface area contributed by atoms with Gasteiger partial charge < -0.3 is 16.0 Å². The smallest absolute Gasteiger partial charge is 0.370 e. The molecule has 2 aromatic carbocycles. The van der Waals surface area contributed by atoms with Gasteiger partial charge in [0.2, 0.25) is 15.9 Å². The van der Waals surface area contributed by atoms with Gasteiger partial charge in [-0.25, -0.2) is 30.6 Å². The zero-order valence-corrected chi connectivity index (χ0v) is 43.3. The highest BCUT2D eigenvalue weighted by Crippen LogP contribution is 2.64. The van der Waals surface area contributed by atoms with Crippen LogP contribution in [0, 0.1) is 34.8 Å². The number of carbonyl (C=O) groups is 2.